The van der Waals surface area contributed by atoms with E-state index >= 15 is 0 Å². The molecule has 0 radical (unpaired) electrons. The Bertz CT molecular complexity index is 556. The van der Waals surface area contributed by atoms with E-state index < -0.39 is 4.92 Å². The van der Waals surface area contributed by atoms with E-state index in [4.69, 9.17) is 21.6 Å². The number of carbonyl (C=O) groups is 1. The Kier molecular flexibility index (Phi) is 5.74. The summed E-state index contributed by atoms with van der Waals surface area (Å²) in [4.78, 5) is 23.2. The first-order chi connectivity index (χ1) is 9.45. The predicted octanol–water partition coefficient (Wildman–Crippen LogP) is 2.00. The van der Waals surface area contributed by atoms with E-state index in [0.717, 1.165) is 6.07 Å². The number of nitrogens with zero attached hydrogens (tertiary/aromatic N) is 3. The summed E-state index contributed by atoms with van der Waals surface area (Å²) >= 11 is 5.67. The van der Waals surface area contributed by atoms with E-state index in [1.54, 1.807) is 0 Å². The van der Waals surface area contributed by atoms with Gasteiger partial charge in [-0.2, -0.15) is 5.26 Å². The number of halogens is 1. The molecule has 8 heteroatoms. The van der Waals surface area contributed by atoms with Gasteiger partial charge in [0.25, 0.3) is 5.91 Å². The number of amides is 1. The lowest BCUT2D eigenvalue weighted by atomic mass is 10.3. The van der Waals surface area contributed by atoms with Gasteiger partial charge in [-0.25, -0.2) is 0 Å². The molecule has 0 aliphatic heterocycles. The second kappa shape index (κ2) is 7.31. The second-order valence-electron chi connectivity index (χ2n) is 3.88. The highest BCUT2D eigenvalue weighted by atomic mass is 35.5. The van der Waals surface area contributed by atoms with Crippen LogP contribution in [0.2, 0.25) is 5.02 Å². The number of nitro benzene ring substituents is 1. The van der Waals surface area contributed by atoms with Crippen molar-refractivity contribution in [3.63, 3.8) is 0 Å². The van der Waals surface area contributed by atoms with E-state index in [9.17, 15) is 14.9 Å². The number of likely N-dealkylation sites (N-methyl/N-ethyl adjacent to an activating group) is 1. The Balaban J connectivity index is 2.68. The Morgan fingerprint density at radius 3 is 2.90 bits per heavy atom. The Morgan fingerprint density at radius 2 is 2.30 bits per heavy atom. The molecular weight excluding hydrogens is 286 g/mol. The van der Waals surface area contributed by atoms with Crippen molar-refractivity contribution in [3.05, 3.63) is 33.3 Å². The Hall–Kier alpha value is -2.33. The van der Waals surface area contributed by atoms with E-state index in [-0.39, 0.29) is 41.9 Å². The maximum Gasteiger partial charge on any atom is 0.312 e. The van der Waals surface area contributed by atoms with E-state index in [1.165, 1.54) is 24.1 Å². The molecule has 7 nitrogen and oxygen atoms in total. The smallest absolute Gasteiger partial charge is 0.312 e. The molecule has 0 bridgehead atoms. The zero-order valence-corrected chi connectivity index (χ0v) is 11.5. The predicted molar refractivity (Wildman–Crippen MR) is 71.5 cm³/mol. The van der Waals surface area contributed by atoms with E-state index in [0.29, 0.717) is 0 Å². The summed E-state index contributed by atoms with van der Waals surface area (Å²) in [6.07, 6.45) is 0.212. The molecule has 0 fully saturated rings. The molecule has 0 N–H and O–H groups in total. The van der Waals surface area contributed by atoms with Crippen molar-refractivity contribution in [3.8, 4) is 11.8 Å². The van der Waals surface area contributed by atoms with Gasteiger partial charge in [0.15, 0.2) is 12.4 Å². The molecule has 1 aromatic carbocycles. The van der Waals surface area contributed by atoms with Gasteiger partial charge in [0.2, 0.25) is 0 Å². The van der Waals surface area contributed by atoms with Crippen LogP contribution in [0.15, 0.2) is 18.2 Å². The van der Waals surface area contributed by atoms with Gasteiger partial charge >= 0.3 is 5.69 Å². The van der Waals surface area contributed by atoms with Crippen molar-refractivity contribution >= 4 is 23.2 Å². The average molecular weight is 298 g/mol. The van der Waals surface area contributed by atoms with Crippen LogP contribution in [0.5, 0.6) is 5.75 Å². The summed E-state index contributed by atoms with van der Waals surface area (Å²) in [5.74, 6) is -0.397. The van der Waals surface area contributed by atoms with Crippen LogP contribution in [0.4, 0.5) is 5.69 Å². The summed E-state index contributed by atoms with van der Waals surface area (Å²) in [5, 5.41) is 19.5. The highest BCUT2D eigenvalue weighted by molar-refractivity contribution is 6.30. The molecule has 1 amide bonds. The second-order valence-corrected chi connectivity index (χ2v) is 4.32. The summed E-state index contributed by atoms with van der Waals surface area (Å²) in [6.45, 7) is -0.0637. The number of nitriles is 1. The molecular formula is C12H12ClN3O4. The van der Waals surface area contributed by atoms with Gasteiger partial charge < -0.3 is 9.64 Å². The standard InChI is InChI=1S/C12H12ClN3O4/c1-15(6-2-5-14)12(17)8-20-11-4-3-9(13)7-10(11)16(18)19/h3-4,7H,2,6,8H2,1H3. The highest BCUT2D eigenvalue weighted by Crippen LogP contribution is 2.29. The topological polar surface area (TPSA) is 96.5 Å². The van der Waals surface area contributed by atoms with Crippen molar-refractivity contribution < 1.29 is 14.5 Å². The van der Waals surface area contributed by atoms with Crippen LogP contribution >= 0.6 is 11.6 Å². The third-order valence-corrected chi connectivity index (χ3v) is 2.69. The molecule has 1 rings (SSSR count). The van der Waals surface area contributed by atoms with Crippen molar-refractivity contribution in [1.82, 2.24) is 4.90 Å². The van der Waals surface area contributed by atoms with Gasteiger partial charge in [-0.1, -0.05) is 11.6 Å². The molecule has 20 heavy (non-hydrogen) atoms. The third kappa shape index (κ3) is 4.40. The van der Waals surface area contributed by atoms with Gasteiger partial charge in [-0.05, 0) is 12.1 Å². The summed E-state index contributed by atoms with van der Waals surface area (Å²) in [6, 6.07) is 5.85. The third-order valence-electron chi connectivity index (χ3n) is 2.45. The minimum Gasteiger partial charge on any atom is -0.477 e. The monoisotopic (exact) mass is 297 g/mol. The molecule has 0 spiro atoms. The normalized spacial score (nSPS) is 9.65. The first kappa shape index (κ1) is 15.7. The zero-order valence-electron chi connectivity index (χ0n) is 10.7. The van der Waals surface area contributed by atoms with E-state index in [2.05, 4.69) is 0 Å². The fraction of sp³-hybridized carbons (Fsp3) is 0.333. The highest BCUT2D eigenvalue weighted by Gasteiger charge is 2.17. The number of hydrogen-bond acceptors (Lipinski definition) is 5. The fourth-order valence-electron chi connectivity index (χ4n) is 1.35. The quantitative estimate of drug-likeness (QED) is 0.591. The number of hydrogen-bond donors (Lipinski definition) is 0. The van der Waals surface area contributed by atoms with Crippen LogP contribution in [0, 0.1) is 21.4 Å². The molecule has 0 aliphatic rings. The van der Waals surface area contributed by atoms with Gasteiger partial charge in [0.05, 0.1) is 17.4 Å². The largest absolute Gasteiger partial charge is 0.477 e. The van der Waals surface area contributed by atoms with Gasteiger partial charge in [-0.15, -0.1) is 0 Å². The molecule has 0 heterocycles. The summed E-state index contributed by atoms with van der Waals surface area (Å²) in [5.41, 5.74) is -0.301. The van der Waals surface area contributed by atoms with Crippen LogP contribution in [-0.2, 0) is 4.79 Å². The Labute approximate surface area is 120 Å². The SMILES string of the molecule is CN(CCC#N)C(=O)COc1ccc(Cl)cc1[N+](=O)[O-]. The lowest BCUT2D eigenvalue weighted by Gasteiger charge is -2.15. The molecule has 0 atom stereocenters. The van der Waals surface area contributed by atoms with Crippen molar-refractivity contribution in [2.75, 3.05) is 20.2 Å². The molecule has 0 unspecified atom stereocenters. The zero-order chi connectivity index (χ0) is 15.1. The average Bonchev–Trinajstić information content (AvgIpc) is 2.42. The minimum atomic E-state index is -0.634. The van der Waals surface area contributed by atoms with Crippen molar-refractivity contribution in [1.29, 1.82) is 5.26 Å². The summed E-state index contributed by atoms with van der Waals surface area (Å²) in [7, 11) is 1.53. The van der Waals surface area contributed by atoms with Crippen LogP contribution in [0.3, 0.4) is 0 Å². The molecule has 1 aromatic rings. The van der Waals surface area contributed by atoms with Crippen LogP contribution in [0.25, 0.3) is 0 Å². The van der Waals surface area contributed by atoms with E-state index in [1.807, 2.05) is 6.07 Å². The van der Waals surface area contributed by atoms with Crippen LogP contribution in [0.1, 0.15) is 6.42 Å². The molecule has 0 aromatic heterocycles. The molecule has 0 saturated carbocycles. The number of rotatable bonds is 6. The summed E-state index contributed by atoms with van der Waals surface area (Å²) < 4.78 is 5.14. The maximum absolute atomic E-state index is 11.7. The first-order valence-electron chi connectivity index (χ1n) is 5.63. The van der Waals surface area contributed by atoms with Gasteiger partial charge in [0.1, 0.15) is 0 Å². The van der Waals surface area contributed by atoms with Crippen molar-refractivity contribution in [2.45, 2.75) is 6.42 Å². The fourth-order valence-corrected chi connectivity index (χ4v) is 1.51. The number of ether oxygens (including phenoxy) is 1. The molecule has 0 aliphatic carbocycles. The number of benzene rings is 1. The first-order valence-corrected chi connectivity index (χ1v) is 6.01. The molecule has 0 saturated heterocycles. The number of nitro groups is 1. The van der Waals surface area contributed by atoms with Crippen LogP contribution < -0.4 is 4.74 Å². The Morgan fingerprint density at radius 1 is 1.60 bits per heavy atom. The maximum atomic E-state index is 11.7. The van der Waals surface area contributed by atoms with Gasteiger partial charge in [-0.3, -0.25) is 14.9 Å². The van der Waals surface area contributed by atoms with Crippen LogP contribution in [-0.4, -0.2) is 35.9 Å². The lowest BCUT2D eigenvalue weighted by molar-refractivity contribution is -0.385. The molecule has 106 valence electrons. The lowest BCUT2D eigenvalue weighted by Crippen LogP contribution is -2.32. The number of carbonyl (C=O) groups excluding carboxylic acids is 1. The van der Waals surface area contributed by atoms with Crippen molar-refractivity contribution in [2.24, 2.45) is 0 Å². The minimum absolute atomic E-state index is 0.0265. The van der Waals surface area contributed by atoms with Gasteiger partial charge in [0, 0.05) is 24.7 Å².